The fourth-order valence-electron chi connectivity index (χ4n) is 1.47. The number of carbonyl (C=O) groups is 2. The van der Waals surface area contributed by atoms with Crippen LogP contribution in [0.15, 0.2) is 22.7 Å². The van der Waals surface area contributed by atoms with Gasteiger partial charge in [-0.3, -0.25) is 9.59 Å². The summed E-state index contributed by atoms with van der Waals surface area (Å²) in [5.74, 6) is 0.816. The summed E-state index contributed by atoms with van der Waals surface area (Å²) in [6.45, 7) is 1.35. The number of benzene rings is 1. The van der Waals surface area contributed by atoms with E-state index >= 15 is 0 Å². The van der Waals surface area contributed by atoms with Crippen LogP contribution in [0, 0.1) is 19.3 Å². The highest BCUT2D eigenvalue weighted by atomic mass is 79.9. The van der Waals surface area contributed by atoms with Crippen molar-refractivity contribution < 1.29 is 14.7 Å². The van der Waals surface area contributed by atoms with E-state index in [1.807, 2.05) is 6.07 Å². The summed E-state index contributed by atoms with van der Waals surface area (Å²) >= 11 is 3.28. The maximum Gasteiger partial charge on any atom is 0.323 e. The van der Waals surface area contributed by atoms with E-state index in [9.17, 15) is 9.59 Å². The van der Waals surface area contributed by atoms with Gasteiger partial charge in [0.2, 0.25) is 0 Å². The predicted octanol–water partition coefficient (Wildman–Crippen LogP) is 1.92. The second-order valence-electron chi connectivity index (χ2n) is 3.72. The standard InChI is InChI=1S/C13H12BrNO3/c1-3-6-15(8-12(16)17)13(18)11-7-10(14)5-4-9(11)2/h1,4-5,7H,6,8H2,2H3,(H,16,17). The number of halogens is 1. The molecule has 0 heterocycles. The van der Waals surface area contributed by atoms with Crippen molar-refractivity contribution in [2.45, 2.75) is 6.92 Å². The van der Waals surface area contributed by atoms with Crippen LogP contribution in [0.3, 0.4) is 0 Å². The van der Waals surface area contributed by atoms with Crippen molar-refractivity contribution in [3.63, 3.8) is 0 Å². The Kier molecular flexibility index (Phi) is 4.93. The molecule has 1 N–H and O–H groups in total. The number of amides is 1. The number of aryl methyl sites for hydroxylation is 1. The van der Waals surface area contributed by atoms with Gasteiger partial charge in [-0.05, 0) is 24.6 Å². The first-order valence-corrected chi connectivity index (χ1v) is 5.95. The second kappa shape index (κ2) is 6.22. The van der Waals surface area contributed by atoms with Crippen molar-refractivity contribution in [3.8, 4) is 12.3 Å². The lowest BCUT2D eigenvalue weighted by Gasteiger charge is -2.19. The third-order valence-corrected chi connectivity index (χ3v) is 2.82. The number of carboxylic acid groups (broad SMARTS) is 1. The summed E-state index contributed by atoms with van der Waals surface area (Å²) in [7, 11) is 0. The van der Waals surface area contributed by atoms with E-state index in [4.69, 9.17) is 11.5 Å². The zero-order valence-corrected chi connectivity index (χ0v) is 11.4. The molecule has 1 rings (SSSR count). The van der Waals surface area contributed by atoms with Crippen molar-refractivity contribution in [2.24, 2.45) is 0 Å². The fourth-order valence-corrected chi connectivity index (χ4v) is 1.83. The Hall–Kier alpha value is -1.80. The quantitative estimate of drug-likeness (QED) is 0.865. The van der Waals surface area contributed by atoms with Crippen LogP contribution in [0.5, 0.6) is 0 Å². The van der Waals surface area contributed by atoms with Crippen LogP contribution >= 0.6 is 15.9 Å². The first kappa shape index (κ1) is 14.3. The molecule has 0 unspecified atom stereocenters. The second-order valence-corrected chi connectivity index (χ2v) is 4.63. The largest absolute Gasteiger partial charge is 0.480 e. The van der Waals surface area contributed by atoms with Gasteiger partial charge in [0.05, 0.1) is 6.54 Å². The monoisotopic (exact) mass is 309 g/mol. The highest BCUT2D eigenvalue weighted by molar-refractivity contribution is 9.10. The SMILES string of the molecule is C#CCN(CC(=O)O)C(=O)c1cc(Br)ccc1C. The van der Waals surface area contributed by atoms with Crippen LogP contribution in [-0.4, -0.2) is 35.0 Å². The van der Waals surface area contributed by atoms with Crippen LogP contribution in [-0.2, 0) is 4.79 Å². The lowest BCUT2D eigenvalue weighted by molar-refractivity contribution is -0.137. The van der Waals surface area contributed by atoms with E-state index in [0.717, 1.165) is 14.9 Å². The molecule has 0 aliphatic heterocycles. The summed E-state index contributed by atoms with van der Waals surface area (Å²) < 4.78 is 0.757. The highest BCUT2D eigenvalue weighted by Crippen LogP contribution is 2.17. The van der Waals surface area contributed by atoms with Gasteiger partial charge in [0, 0.05) is 10.0 Å². The van der Waals surface area contributed by atoms with Gasteiger partial charge < -0.3 is 10.0 Å². The number of nitrogens with zero attached hydrogens (tertiary/aromatic N) is 1. The molecule has 0 saturated heterocycles. The van der Waals surface area contributed by atoms with Gasteiger partial charge in [-0.25, -0.2) is 0 Å². The number of terminal acetylenes is 1. The Morgan fingerprint density at radius 3 is 2.72 bits per heavy atom. The minimum atomic E-state index is -1.09. The lowest BCUT2D eigenvalue weighted by atomic mass is 10.1. The molecule has 0 aliphatic carbocycles. The van der Waals surface area contributed by atoms with Gasteiger partial charge in [0.25, 0.3) is 5.91 Å². The Balaban J connectivity index is 3.05. The van der Waals surface area contributed by atoms with E-state index in [2.05, 4.69) is 21.9 Å². The molecule has 94 valence electrons. The van der Waals surface area contributed by atoms with Crippen molar-refractivity contribution in [1.82, 2.24) is 4.90 Å². The molecule has 0 radical (unpaired) electrons. The first-order chi connectivity index (χ1) is 8.45. The van der Waals surface area contributed by atoms with Crippen LogP contribution in [0.1, 0.15) is 15.9 Å². The molecule has 0 atom stereocenters. The average molecular weight is 310 g/mol. The maximum atomic E-state index is 12.2. The van der Waals surface area contributed by atoms with Crippen molar-refractivity contribution in [2.75, 3.05) is 13.1 Å². The molecule has 0 spiro atoms. The smallest absolute Gasteiger partial charge is 0.323 e. The molecule has 0 bridgehead atoms. The summed E-state index contributed by atoms with van der Waals surface area (Å²) in [4.78, 5) is 24.0. The van der Waals surface area contributed by atoms with E-state index in [0.29, 0.717) is 5.56 Å². The summed E-state index contributed by atoms with van der Waals surface area (Å²) in [6.07, 6.45) is 5.14. The molecule has 0 saturated carbocycles. The number of hydrogen-bond donors (Lipinski definition) is 1. The number of rotatable bonds is 4. The van der Waals surface area contributed by atoms with E-state index in [1.165, 1.54) is 0 Å². The third-order valence-electron chi connectivity index (χ3n) is 2.33. The number of carbonyl (C=O) groups excluding carboxylic acids is 1. The summed E-state index contributed by atoms with van der Waals surface area (Å²) in [6, 6.07) is 5.25. The number of carboxylic acids is 1. The minimum absolute atomic E-state index is 0.0307. The third kappa shape index (κ3) is 3.60. The molecule has 0 fully saturated rings. The average Bonchev–Trinajstić information content (AvgIpc) is 2.30. The normalized spacial score (nSPS) is 9.61. The Morgan fingerprint density at radius 1 is 1.50 bits per heavy atom. The van der Waals surface area contributed by atoms with E-state index in [1.54, 1.807) is 19.1 Å². The Morgan fingerprint density at radius 2 is 2.17 bits per heavy atom. The van der Waals surface area contributed by atoms with Gasteiger partial charge in [0.15, 0.2) is 0 Å². The molecule has 1 amide bonds. The van der Waals surface area contributed by atoms with Crippen LogP contribution < -0.4 is 0 Å². The van der Waals surface area contributed by atoms with Crippen molar-refractivity contribution >= 4 is 27.8 Å². The molecule has 5 heteroatoms. The number of hydrogen-bond acceptors (Lipinski definition) is 2. The van der Waals surface area contributed by atoms with Crippen molar-refractivity contribution in [3.05, 3.63) is 33.8 Å². The molecule has 18 heavy (non-hydrogen) atoms. The van der Waals surface area contributed by atoms with Gasteiger partial charge in [-0.15, -0.1) is 6.42 Å². The summed E-state index contributed by atoms with van der Waals surface area (Å²) in [5.41, 5.74) is 1.22. The zero-order valence-electron chi connectivity index (χ0n) is 9.81. The Labute approximate surface area is 114 Å². The highest BCUT2D eigenvalue weighted by Gasteiger charge is 2.19. The van der Waals surface area contributed by atoms with Gasteiger partial charge >= 0.3 is 5.97 Å². The van der Waals surface area contributed by atoms with Crippen LogP contribution in [0.25, 0.3) is 0 Å². The minimum Gasteiger partial charge on any atom is -0.480 e. The fraction of sp³-hybridized carbons (Fsp3) is 0.231. The first-order valence-electron chi connectivity index (χ1n) is 5.16. The predicted molar refractivity (Wildman–Crippen MR) is 71.3 cm³/mol. The van der Waals surface area contributed by atoms with E-state index < -0.39 is 12.5 Å². The van der Waals surface area contributed by atoms with Gasteiger partial charge in [-0.2, -0.15) is 0 Å². The maximum absolute atomic E-state index is 12.2. The number of aliphatic carboxylic acids is 1. The lowest BCUT2D eigenvalue weighted by Crippen LogP contribution is -2.36. The Bertz CT molecular complexity index is 519. The van der Waals surface area contributed by atoms with Crippen molar-refractivity contribution in [1.29, 1.82) is 0 Å². The molecule has 4 nitrogen and oxygen atoms in total. The van der Waals surface area contributed by atoms with Crippen LogP contribution in [0.4, 0.5) is 0 Å². The van der Waals surface area contributed by atoms with E-state index in [-0.39, 0.29) is 12.5 Å². The van der Waals surface area contributed by atoms with Gasteiger partial charge in [-0.1, -0.05) is 27.9 Å². The molecular formula is C13H12BrNO3. The molecule has 1 aromatic carbocycles. The summed E-state index contributed by atoms with van der Waals surface area (Å²) in [5, 5.41) is 8.76. The molecule has 0 aliphatic rings. The topological polar surface area (TPSA) is 57.6 Å². The van der Waals surface area contributed by atoms with Crippen LogP contribution in [0.2, 0.25) is 0 Å². The van der Waals surface area contributed by atoms with Gasteiger partial charge in [0.1, 0.15) is 6.54 Å². The molecule has 1 aromatic rings. The zero-order chi connectivity index (χ0) is 13.7. The molecule has 0 aromatic heterocycles. The molecular weight excluding hydrogens is 298 g/mol.